The molecule has 17 heavy (non-hydrogen) atoms. The van der Waals surface area contributed by atoms with Crippen LogP contribution in [0.4, 0.5) is 0 Å². The van der Waals surface area contributed by atoms with Crippen LogP contribution in [0.5, 0.6) is 0 Å². The van der Waals surface area contributed by atoms with Gasteiger partial charge in [-0.1, -0.05) is 37.3 Å². The van der Waals surface area contributed by atoms with Crippen LogP contribution in [-0.4, -0.2) is 9.55 Å². The minimum absolute atomic E-state index is 0.742. The number of aromatic nitrogens is 2. The van der Waals surface area contributed by atoms with Gasteiger partial charge in [-0.25, -0.2) is 4.98 Å². The Balaban J connectivity index is 2.13. The third-order valence-electron chi connectivity index (χ3n) is 3.42. The van der Waals surface area contributed by atoms with Crippen molar-refractivity contribution in [3.63, 3.8) is 0 Å². The van der Waals surface area contributed by atoms with Crippen molar-refractivity contribution >= 4 is 15.9 Å². The number of benzene rings is 1. The number of hydrogen-bond donors (Lipinski definition) is 0. The van der Waals surface area contributed by atoms with Gasteiger partial charge in [-0.05, 0) is 34.7 Å². The van der Waals surface area contributed by atoms with E-state index in [4.69, 9.17) is 0 Å². The number of hydrogen-bond acceptors (Lipinski definition) is 1. The zero-order valence-corrected chi connectivity index (χ0v) is 11.4. The highest BCUT2D eigenvalue weighted by Crippen LogP contribution is 2.31. The van der Waals surface area contributed by atoms with Crippen molar-refractivity contribution in [1.29, 1.82) is 0 Å². The molecule has 1 aliphatic rings. The van der Waals surface area contributed by atoms with Gasteiger partial charge in [0.1, 0.15) is 10.4 Å². The van der Waals surface area contributed by atoms with Crippen molar-refractivity contribution in [2.75, 3.05) is 0 Å². The molecule has 2 heterocycles. The number of rotatable bonds is 1. The topological polar surface area (TPSA) is 17.8 Å². The lowest BCUT2D eigenvalue weighted by molar-refractivity contribution is 0.401. The van der Waals surface area contributed by atoms with Crippen molar-refractivity contribution in [3.8, 4) is 11.4 Å². The summed E-state index contributed by atoms with van der Waals surface area (Å²) in [5, 5.41) is 0. The molecule has 0 amide bonds. The molecule has 2 aromatic rings. The molecule has 2 nitrogen and oxygen atoms in total. The maximum atomic E-state index is 4.68. The van der Waals surface area contributed by atoms with E-state index >= 15 is 0 Å². The summed E-state index contributed by atoms with van der Waals surface area (Å²) in [6, 6.07) is 10.4. The fraction of sp³-hybridized carbons (Fsp3) is 0.357. The minimum atomic E-state index is 0.742. The summed E-state index contributed by atoms with van der Waals surface area (Å²) >= 11 is 3.59. The molecule has 0 spiro atoms. The average Bonchev–Trinajstić information content (AvgIpc) is 2.67. The number of halogens is 1. The van der Waals surface area contributed by atoms with E-state index in [9.17, 15) is 0 Å². The lowest BCUT2D eigenvalue weighted by atomic mass is 10.00. The molecular formula is C14H15BrN2. The molecule has 0 aliphatic carbocycles. The van der Waals surface area contributed by atoms with Crippen LogP contribution in [0.3, 0.4) is 0 Å². The molecule has 1 unspecified atom stereocenters. The summed E-state index contributed by atoms with van der Waals surface area (Å²) in [5.74, 6) is 1.84. The van der Waals surface area contributed by atoms with Crippen molar-refractivity contribution in [2.45, 2.75) is 26.3 Å². The fourth-order valence-electron chi connectivity index (χ4n) is 2.49. The summed E-state index contributed by atoms with van der Waals surface area (Å²) in [6.07, 6.45) is 2.39. The van der Waals surface area contributed by atoms with E-state index < -0.39 is 0 Å². The Morgan fingerprint density at radius 1 is 1.29 bits per heavy atom. The molecule has 0 saturated carbocycles. The maximum Gasteiger partial charge on any atom is 0.141 e. The fourth-order valence-corrected chi connectivity index (χ4v) is 3.07. The van der Waals surface area contributed by atoms with Gasteiger partial charge in [-0.15, -0.1) is 0 Å². The highest BCUT2D eigenvalue weighted by molar-refractivity contribution is 9.10. The Morgan fingerprint density at radius 2 is 2.06 bits per heavy atom. The number of nitrogens with zero attached hydrogens (tertiary/aromatic N) is 2. The van der Waals surface area contributed by atoms with E-state index in [1.807, 2.05) is 6.07 Å². The third kappa shape index (κ3) is 1.93. The van der Waals surface area contributed by atoms with E-state index in [0.29, 0.717) is 0 Å². The molecule has 1 aromatic carbocycles. The van der Waals surface area contributed by atoms with Crippen LogP contribution in [0.25, 0.3) is 11.4 Å². The third-order valence-corrected chi connectivity index (χ3v) is 4.06. The van der Waals surface area contributed by atoms with Crippen molar-refractivity contribution in [1.82, 2.24) is 9.55 Å². The molecule has 0 bridgehead atoms. The molecule has 1 aromatic heterocycles. The predicted molar refractivity (Wildman–Crippen MR) is 72.8 cm³/mol. The van der Waals surface area contributed by atoms with Crippen LogP contribution >= 0.6 is 15.9 Å². The summed E-state index contributed by atoms with van der Waals surface area (Å²) < 4.78 is 3.39. The average molecular weight is 291 g/mol. The van der Waals surface area contributed by atoms with Gasteiger partial charge in [0.15, 0.2) is 0 Å². The molecule has 0 N–H and O–H groups in total. The second kappa shape index (κ2) is 4.30. The smallest absolute Gasteiger partial charge is 0.141 e. The molecule has 0 radical (unpaired) electrons. The van der Waals surface area contributed by atoms with Gasteiger partial charge < -0.3 is 4.57 Å². The van der Waals surface area contributed by atoms with Crippen molar-refractivity contribution < 1.29 is 0 Å². The monoisotopic (exact) mass is 290 g/mol. The Kier molecular flexibility index (Phi) is 2.79. The molecule has 1 atom stereocenters. The molecular weight excluding hydrogens is 276 g/mol. The van der Waals surface area contributed by atoms with Crippen LogP contribution in [0.15, 0.2) is 34.9 Å². The van der Waals surface area contributed by atoms with E-state index in [-0.39, 0.29) is 0 Å². The Morgan fingerprint density at radius 3 is 2.82 bits per heavy atom. The minimum Gasteiger partial charge on any atom is -0.327 e. The predicted octanol–water partition coefficient (Wildman–Crippen LogP) is 3.89. The van der Waals surface area contributed by atoms with Gasteiger partial charge in [0, 0.05) is 12.1 Å². The Labute approximate surface area is 110 Å². The SMILES string of the molecule is CC1CCc2c(Br)nc(-c3ccccc3)n2C1. The normalized spacial score (nSPS) is 19.1. The molecule has 3 heteroatoms. The second-order valence-corrected chi connectivity index (χ2v) is 5.54. The first-order chi connectivity index (χ1) is 8.25. The van der Waals surface area contributed by atoms with Crippen LogP contribution < -0.4 is 0 Å². The molecule has 3 rings (SSSR count). The summed E-state index contributed by atoms with van der Waals surface area (Å²) in [6.45, 7) is 3.39. The summed E-state index contributed by atoms with van der Waals surface area (Å²) in [4.78, 5) is 4.68. The van der Waals surface area contributed by atoms with Gasteiger partial charge in [0.25, 0.3) is 0 Å². The first-order valence-corrected chi connectivity index (χ1v) is 6.85. The first-order valence-electron chi connectivity index (χ1n) is 6.06. The van der Waals surface area contributed by atoms with E-state index in [1.54, 1.807) is 0 Å². The van der Waals surface area contributed by atoms with Crippen LogP contribution in [-0.2, 0) is 13.0 Å². The number of imidazole rings is 1. The van der Waals surface area contributed by atoms with Crippen LogP contribution in [0, 0.1) is 5.92 Å². The van der Waals surface area contributed by atoms with Gasteiger partial charge in [0.05, 0.1) is 5.69 Å². The quantitative estimate of drug-likeness (QED) is 0.779. The zero-order valence-electron chi connectivity index (χ0n) is 9.86. The highest BCUT2D eigenvalue weighted by atomic mass is 79.9. The summed E-state index contributed by atoms with van der Waals surface area (Å²) in [5.41, 5.74) is 2.55. The maximum absolute atomic E-state index is 4.68. The molecule has 1 aliphatic heterocycles. The van der Waals surface area contributed by atoms with E-state index in [2.05, 4.69) is 56.7 Å². The van der Waals surface area contributed by atoms with Crippen LogP contribution in [0.1, 0.15) is 19.0 Å². The molecule has 88 valence electrons. The second-order valence-electron chi connectivity index (χ2n) is 4.79. The van der Waals surface area contributed by atoms with Crippen LogP contribution in [0.2, 0.25) is 0 Å². The van der Waals surface area contributed by atoms with Crippen molar-refractivity contribution in [3.05, 3.63) is 40.6 Å². The van der Waals surface area contributed by atoms with Gasteiger partial charge in [0.2, 0.25) is 0 Å². The van der Waals surface area contributed by atoms with Gasteiger partial charge in [-0.3, -0.25) is 0 Å². The lowest BCUT2D eigenvalue weighted by Crippen LogP contribution is -2.18. The largest absolute Gasteiger partial charge is 0.327 e. The molecule has 0 saturated heterocycles. The van der Waals surface area contributed by atoms with Gasteiger partial charge in [-0.2, -0.15) is 0 Å². The standard InChI is InChI=1S/C14H15BrN2/c1-10-7-8-12-13(15)16-14(17(12)9-10)11-5-3-2-4-6-11/h2-6,10H,7-9H2,1H3. The van der Waals surface area contributed by atoms with Gasteiger partial charge >= 0.3 is 0 Å². The highest BCUT2D eigenvalue weighted by Gasteiger charge is 2.22. The van der Waals surface area contributed by atoms with Crippen molar-refractivity contribution in [2.24, 2.45) is 5.92 Å². The van der Waals surface area contributed by atoms with E-state index in [1.165, 1.54) is 17.7 Å². The Bertz CT molecular complexity index is 531. The molecule has 0 fully saturated rings. The first kappa shape index (κ1) is 11.0. The Hall–Kier alpha value is -1.09. The summed E-state index contributed by atoms with van der Waals surface area (Å²) in [7, 11) is 0. The zero-order chi connectivity index (χ0) is 11.8. The lowest BCUT2D eigenvalue weighted by Gasteiger charge is -2.22. The number of fused-ring (bicyclic) bond motifs is 1. The van der Waals surface area contributed by atoms with E-state index in [0.717, 1.165) is 29.3 Å².